The molecule has 9 heteroatoms. The SMILES string of the molecule is Cc1cc(C)n(CC(=O)NCc2ccccc2)c(=O)c1-c1nc(-c2ccc3c(c2)OCO3)no1. The molecule has 1 aliphatic rings. The van der Waals surface area contributed by atoms with Gasteiger partial charge in [-0.25, -0.2) is 0 Å². The molecule has 0 saturated carbocycles. The molecule has 0 bridgehead atoms. The van der Waals surface area contributed by atoms with Crippen molar-refractivity contribution in [3.63, 3.8) is 0 Å². The Morgan fingerprint density at radius 1 is 1.06 bits per heavy atom. The summed E-state index contributed by atoms with van der Waals surface area (Å²) in [5, 5.41) is 6.89. The van der Waals surface area contributed by atoms with Gasteiger partial charge in [-0.15, -0.1) is 0 Å². The number of aryl methyl sites for hydroxylation is 2. The van der Waals surface area contributed by atoms with Crippen LogP contribution < -0.4 is 20.3 Å². The Labute approximate surface area is 195 Å². The zero-order valence-electron chi connectivity index (χ0n) is 18.7. The third kappa shape index (κ3) is 4.15. The Balaban J connectivity index is 1.40. The van der Waals surface area contributed by atoms with Crippen LogP contribution in [0.2, 0.25) is 0 Å². The monoisotopic (exact) mass is 458 g/mol. The van der Waals surface area contributed by atoms with E-state index < -0.39 is 0 Å². The minimum Gasteiger partial charge on any atom is -0.454 e. The van der Waals surface area contributed by atoms with Gasteiger partial charge in [-0.2, -0.15) is 4.98 Å². The fraction of sp³-hybridized carbons (Fsp3) is 0.200. The van der Waals surface area contributed by atoms with Crippen LogP contribution in [0.5, 0.6) is 11.5 Å². The molecule has 1 amide bonds. The van der Waals surface area contributed by atoms with Crippen molar-refractivity contribution in [2.75, 3.05) is 6.79 Å². The zero-order chi connectivity index (χ0) is 23.7. The van der Waals surface area contributed by atoms with E-state index in [1.165, 1.54) is 4.57 Å². The highest BCUT2D eigenvalue weighted by Crippen LogP contribution is 2.35. The highest BCUT2D eigenvalue weighted by atomic mass is 16.7. The first-order valence-corrected chi connectivity index (χ1v) is 10.8. The molecule has 0 fully saturated rings. The number of carbonyl (C=O) groups excluding carboxylic acids is 1. The molecule has 172 valence electrons. The smallest absolute Gasteiger partial charge is 0.264 e. The summed E-state index contributed by atoms with van der Waals surface area (Å²) in [6, 6.07) is 16.7. The van der Waals surface area contributed by atoms with Crippen molar-refractivity contribution in [1.82, 2.24) is 20.0 Å². The van der Waals surface area contributed by atoms with Gasteiger partial charge in [0.25, 0.3) is 11.4 Å². The van der Waals surface area contributed by atoms with Crippen LogP contribution in [0.25, 0.3) is 22.8 Å². The van der Waals surface area contributed by atoms with E-state index in [0.717, 1.165) is 5.56 Å². The zero-order valence-corrected chi connectivity index (χ0v) is 18.7. The lowest BCUT2D eigenvalue weighted by Crippen LogP contribution is -2.34. The molecule has 0 radical (unpaired) electrons. The van der Waals surface area contributed by atoms with E-state index in [2.05, 4.69) is 15.5 Å². The number of amides is 1. The van der Waals surface area contributed by atoms with E-state index in [-0.39, 0.29) is 36.3 Å². The van der Waals surface area contributed by atoms with Gasteiger partial charge >= 0.3 is 0 Å². The highest BCUT2D eigenvalue weighted by molar-refractivity contribution is 5.76. The highest BCUT2D eigenvalue weighted by Gasteiger charge is 2.21. The Morgan fingerprint density at radius 2 is 1.85 bits per heavy atom. The molecule has 0 spiro atoms. The second-order valence-corrected chi connectivity index (χ2v) is 7.99. The largest absolute Gasteiger partial charge is 0.454 e. The molecule has 5 rings (SSSR count). The fourth-order valence-electron chi connectivity index (χ4n) is 3.86. The third-order valence-corrected chi connectivity index (χ3v) is 5.61. The number of nitrogens with one attached hydrogen (secondary N) is 1. The fourth-order valence-corrected chi connectivity index (χ4v) is 3.86. The molecule has 0 saturated heterocycles. The minimum absolute atomic E-state index is 0.0913. The van der Waals surface area contributed by atoms with E-state index >= 15 is 0 Å². The Kier molecular flexibility index (Phi) is 5.59. The van der Waals surface area contributed by atoms with Gasteiger partial charge in [0.1, 0.15) is 12.1 Å². The van der Waals surface area contributed by atoms with Gasteiger partial charge in [-0.3, -0.25) is 9.59 Å². The number of hydrogen-bond donors (Lipinski definition) is 1. The van der Waals surface area contributed by atoms with Crippen LogP contribution in [0.4, 0.5) is 0 Å². The lowest BCUT2D eigenvalue weighted by atomic mass is 10.1. The first kappa shape index (κ1) is 21.4. The summed E-state index contributed by atoms with van der Waals surface area (Å²) in [6.45, 7) is 4.02. The molecular weight excluding hydrogens is 436 g/mol. The summed E-state index contributed by atoms with van der Waals surface area (Å²) in [5.41, 5.74) is 2.89. The molecule has 34 heavy (non-hydrogen) atoms. The van der Waals surface area contributed by atoms with Crippen LogP contribution in [-0.2, 0) is 17.9 Å². The number of rotatable bonds is 6. The summed E-state index contributed by atoms with van der Waals surface area (Å²) in [5.74, 6) is 1.39. The molecular formula is C25H22N4O5. The van der Waals surface area contributed by atoms with Crippen molar-refractivity contribution in [3.05, 3.63) is 81.8 Å². The lowest BCUT2D eigenvalue weighted by molar-refractivity contribution is -0.121. The topological polar surface area (TPSA) is 108 Å². The van der Waals surface area contributed by atoms with Gasteiger partial charge in [-0.05, 0) is 49.2 Å². The van der Waals surface area contributed by atoms with E-state index in [9.17, 15) is 9.59 Å². The van der Waals surface area contributed by atoms with Crippen molar-refractivity contribution in [3.8, 4) is 34.3 Å². The Bertz CT molecular complexity index is 1430. The van der Waals surface area contributed by atoms with Crippen molar-refractivity contribution >= 4 is 5.91 Å². The Morgan fingerprint density at radius 3 is 2.68 bits per heavy atom. The van der Waals surface area contributed by atoms with Crippen LogP contribution in [0.3, 0.4) is 0 Å². The van der Waals surface area contributed by atoms with Gasteiger partial charge in [0, 0.05) is 17.8 Å². The number of ether oxygens (including phenoxy) is 2. The van der Waals surface area contributed by atoms with Gasteiger partial charge in [0.15, 0.2) is 11.5 Å². The minimum atomic E-state index is -0.367. The average molecular weight is 458 g/mol. The molecule has 1 N–H and O–H groups in total. The predicted octanol–water partition coefficient (Wildman–Crippen LogP) is 3.23. The van der Waals surface area contributed by atoms with Gasteiger partial charge in [0.2, 0.25) is 18.5 Å². The van der Waals surface area contributed by atoms with Gasteiger partial charge in [0.05, 0.1) is 0 Å². The average Bonchev–Trinajstić information content (AvgIpc) is 3.50. The number of nitrogens with zero attached hydrogens (tertiary/aromatic N) is 3. The van der Waals surface area contributed by atoms with Crippen molar-refractivity contribution in [1.29, 1.82) is 0 Å². The van der Waals surface area contributed by atoms with Crippen molar-refractivity contribution in [2.45, 2.75) is 26.9 Å². The van der Waals surface area contributed by atoms with Gasteiger partial charge in [-0.1, -0.05) is 35.5 Å². The Hall–Kier alpha value is -4.40. The molecule has 4 aromatic rings. The van der Waals surface area contributed by atoms with Crippen LogP contribution in [0.1, 0.15) is 16.8 Å². The number of fused-ring (bicyclic) bond motifs is 1. The van der Waals surface area contributed by atoms with E-state index in [1.807, 2.05) is 36.4 Å². The van der Waals surface area contributed by atoms with E-state index in [4.69, 9.17) is 14.0 Å². The molecule has 0 atom stereocenters. The summed E-state index contributed by atoms with van der Waals surface area (Å²) >= 11 is 0. The summed E-state index contributed by atoms with van der Waals surface area (Å²) in [7, 11) is 0. The number of hydrogen-bond acceptors (Lipinski definition) is 7. The third-order valence-electron chi connectivity index (χ3n) is 5.61. The number of aromatic nitrogens is 3. The van der Waals surface area contributed by atoms with Crippen LogP contribution in [0, 0.1) is 13.8 Å². The molecule has 9 nitrogen and oxygen atoms in total. The van der Waals surface area contributed by atoms with Gasteiger partial charge < -0.3 is 23.9 Å². The van der Waals surface area contributed by atoms with Crippen LogP contribution in [-0.4, -0.2) is 27.4 Å². The van der Waals surface area contributed by atoms with Crippen LogP contribution in [0.15, 0.2) is 63.9 Å². The maximum absolute atomic E-state index is 13.3. The van der Waals surface area contributed by atoms with E-state index in [1.54, 1.807) is 32.0 Å². The number of pyridine rings is 1. The molecule has 2 aromatic heterocycles. The van der Waals surface area contributed by atoms with Crippen molar-refractivity contribution < 1.29 is 18.8 Å². The quantitative estimate of drug-likeness (QED) is 0.473. The lowest BCUT2D eigenvalue weighted by Gasteiger charge is -2.13. The summed E-state index contributed by atoms with van der Waals surface area (Å²) < 4.78 is 17.6. The predicted molar refractivity (Wildman–Crippen MR) is 123 cm³/mol. The summed E-state index contributed by atoms with van der Waals surface area (Å²) in [4.78, 5) is 30.3. The molecule has 1 aliphatic heterocycles. The molecule has 2 aromatic carbocycles. The maximum atomic E-state index is 13.3. The second kappa shape index (κ2) is 8.86. The summed E-state index contributed by atoms with van der Waals surface area (Å²) in [6.07, 6.45) is 0. The number of carbonyl (C=O) groups is 1. The standard InChI is InChI=1S/C25H22N4O5/c1-15-10-16(2)29(13-21(30)26-12-17-6-4-3-5-7-17)25(31)22(15)24-27-23(28-34-24)18-8-9-19-20(11-18)33-14-32-19/h3-11H,12-14H2,1-2H3,(H,26,30). The van der Waals surface area contributed by atoms with E-state index in [0.29, 0.717) is 40.7 Å². The van der Waals surface area contributed by atoms with Crippen molar-refractivity contribution in [2.24, 2.45) is 0 Å². The van der Waals surface area contributed by atoms with Crippen LogP contribution >= 0.6 is 0 Å². The maximum Gasteiger partial charge on any atom is 0.264 e. The molecule has 3 heterocycles. The first-order valence-electron chi connectivity index (χ1n) is 10.8. The first-order chi connectivity index (χ1) is 16.5. The number of benzene rings is 2. The normalized spacial score (nSPS) is 12.1. The molecule has 0 unspecified atom stereocenters. The molecule has 0 aliphatic carbocycles. The second-order valence-electron chi connectivity index (χ2n) is 7.99.